The number of fused-ring (bicyclic) bond motifs is 1. The summed E-state index contributed by atoms with van der Waals surface area (Å²) in [5.41, 5.74) is 5.57. The van der Waals surface area contributed by atoms with E-state index in [9.17, 15) is 5.11 Å². The van der Waals surface area contributed by atoms with E-state index in [0.29, 0.717) is 17.8 Å². The summed E-state index contributed by atoms with van der Waals surface area (Å²) in [6, 6.07) is 0. The van der Waals surface area contributed by atoms with Gasteiger partial charge in [0.15, 0.2) is 0 Å². The summed E-state index contributed by atoms with van der Waals surface area (Å²) < 4.78 is 0. The Morgan fingerprint density at radius 2 is 2.05 bits per heavy atom. The molecule has 1 N–H and O–H groups in total. The molecule has 0 unspecified atom stereocenters. The second-order valence-electron chi connectivity index (χ2n) is 7.67. The average molecular weight is 274 g/mol. The van der Waals surface area contributed by atoms with Crippen LogP contribution in [0.25, 0.3) is 0 Å². The quantitative estimate of drug-likeness (QED) is 0.697. The van der Waals surface area contributed by atoms with E-state index in [1.807, 2.05) is 0 Å². The van der Waals surface area contributed by atoms with Gasteiger partial charge in [0, 0.05) is 0 Å². The molecule has 2 bridgehead atoms. The molecule has 0 heterocycles. The summed E-state index contributed by atoms with van der Waals surface area (Å²) in [7, 11) is 0. The third-order valence-corrected chi connectivity index (χ3v) is 5.75. The van der Waals surface area contributed by atoms with E-state index >= 15 is 0 Å². The summed E-state index contributed by atoms with van der Waals surface area (Å²) in [5, 5.41) is 10.6. The molecular weight excluding hydrogens is 244 g/mol. The van der Waals surface area contributed by atoms with E-state index in [-0.39, 0.29) is 6.10 Å². The number of rotatable bonds is 5. The van der Waals surface area contributed by atoms with Crippen LogP contribution in [-0.2, 0) is 0 Å². The van der Waals surface area contributed by atoms with E-state index in [1.54, 1.807) is 0 Å². The van der Waals surface area contributed by atoms with Crippen LogP contribution >= 0.6 is 0 Å². The van der Waals surface area contributed by atoms with Gasteiger partial charge in [-0.1, -0.05) is 43.2 Å². The maximum atomic E-state index is 10.6. The Kier molecular flexibility index (Phi) is 4.30. The van der Waals surface area contributed by atoms with Crippen LogP contribution in [0.5, 0.6) is 0 Å². The maximum absolute atomic E-state index is 10.6. The van der Waals surface area contributed by atoms with Gasteiger partial charge < -0.3 is 5.11 Å². The molecule has 1 heteroatoms. The molecule has 0 saturated heterocycles. The Morgan fingerprint density at radius 1 is 1.40 bits per heavy atom. The third kappa shape index (κ3) is 2.79. The number of aliphatic hydroxyl groups is 1. The van der Waals surface area contributed by atoms with Crippen molar-refractivity contribution in [1.29, 1.82) is 0 Å². The van der Waals surface area contributed by atoms with Crippen molar-refractivity contribution >= 4 is 0 Å². The number of hydrogen-bond acceptors (Lipinski definition) is 1. The van der Waals surface area contributed by atoms with Crippen LogP contribution in [0, 0.1) is 17.3 Å². The van der Waals surface area contributed by atoms with E-state index in [4.69, 9.17) is 0 Å². The Morgan fingerprint density at radius 3 is 2.55 bits per heavy atom. The van der Waals surface area contributed by atoms with Crippen molar-refractivity contribution in [3.05, 3.63) is 34.9 Å². The summed E-state index contributed by atoms with van der Waals surface area (Å²) >= 11 is 0. The topological polar surface area (TPSA) is 20.2 Å². The zero-order valence-corrected chi connectivity index (χ0v) is 13.8. The highest BCUT2D eigenvalue weighted by Gasteiger charge is 2.52. The zero-order chi connectivity index (χ0) is 15.1. The highest BCUT2D eigenvalue weighted by Crippen LogP contribution is 2.60. The van der Waals surface area contributed by atoms with Crippen molar-refractivity contribution in [2.75, 3.05) is 0 Å². The third-order valence-electron chi connectivity index (χ3n) is 5.75. The molecule has 3 aliphatic carbocycles. The highest BCUT2D eigenvalue weighted by atomic mass is 16.3. The van der Waals surface area contributed by atoms with Crippen LogP contribution in [0.3, 0.4) is 0 Å². The fourth-order valence-electron chi connectivity index (χ4n) is 3.79. The normalized spacial score (nSPS) is 28.2. The maximum Gasteiger partial charge on any atom is 0.0790 e. The molecule has 0 aliphatic heterocycles. The molecule has 1 nitrogen and oxygen atoms in total. The minimum atomic E-state index is -0.321. The molecule has 1 fully saturated rings. The van der Waals surface area contributed by atoms with Crippen molar-refractivity contribution in [3.63, 3.8) is 0 Å². The molecule has 112 valence electrons. The molecular formula is C19H30O. The fourth-order valence-corrected chi connectivity index (χ4v) is 3.79. The van der Waals surface area contributed by atoms with Crippen LogP contribution < -0.4 is 0 Å². The summed E-state index contributed by atoms with van der Waals surface area (Å²) in [4.78, 5) is 0. The molecule has 3 aliphatic rings. The Labute approximate surface area is 124 Å². The molecule has 0 aromatic rings. The zero-order valence-electron chi connectivity index (χ0n) is 13.8. The van der Waals surface area contributed by atoms with Gasteiger partial charge in [-0.25, -0.2) is 0 Å². The molecule has 0 aromatic carbocycles. The first kappa shape index (κ1) is 15.6. The van der Waals surface area contributed by atoms with Gasteiger partial charge in [0.2, 0.25) is 0 Å². The minimum Gasteiger partial charge on any atom is -0.388 e. The van der Waals surface area contributed by atoms with E-state index in [0.717, 1.165) is 24.3 Å². The molecule has 3 rings (SSSR count). The first-order chi connectivity index (χ1) is 9.23. The molecule has 0 radical (unpaired) electrons. The number of allylic oxidation sites excluding steroid dienone is 3. The van der Waals surface area contributed by atoms with Crippen LogP contribution in [0.4, 0.5) is 0 Å². The standard InChI is InChI=1S/C19H30O/c1-12(2)14(4)9-13(3)10-18(20)16-8-7-15-11-17(16)19(15,5)6/h8,15,17-18,20H,3,7,9-11H2,1-2,4-6H3/t15-,17-,18-/m0/s1. The lowest BCUT2D eigenvalue weighted by Gasteiger charge is -2.57. The van der Waals surface area contributed by atoms with Crippen LogP contribution in [0.2, 0.25) is 0 Å². The SMILES string of the molecule is C=C(CC(C)=C(C)C)C[C@H](O)C1=CC[C@H]2C[C@@H]1C2(C)C. The molecule has 1 saturated carbocycles. The van der Waals surface area contributed by atoms with Crippen LogP contribution in [0.15, 0.2) is 34.9 Å². The second kappa shape index (κ2) is 5.52. The second-order valence-corrected chi connectivity index (χ2v) is 7.67. The van der Waals surface area contributed by atoms with Gasteiger partial charge in [-0.2, -0.15) is 0 Å². The predicted molar refractivity (Wildman–Crippen MR) is 86.5 cm³/mol. The van der Waals surface area contributed by atoms with Gasteiger partial charge in [-0.3, -0.25) is 0 Å². The van der Waals surface area contributed by atoms with Gasteiger partial charge in [0.05, 0.1) is 6.10 Å². The van der Waals surface area contributed by atoms with Crippen molar-refractivity contribution in [3.8, 4) is 0 Å². The van der Waals surface area contributed by atoms with Gasteiger partial charge in [-0.15, -0.1) is 0 Å². The average Bonchev–Trinajstić information content (AvgIpc) is 2.37. The minimum absolute atomic E-state index is 0.321. The lowest BCUT2D eigenvalue weighted by molar-refractivity contribution is -0.0214. The van der Waals surface area contributed by atoms with E-state index < -0.39 is 0 Å². The first-order valence-corrected chi connectivity index (χ1v) is 7.91. The van der Waals surface area contributed by atoms with E-state index in [1.165, 1.54) is 23.1 Å². The van der Waals surface area contributed by atoms with Gasteiger partial charge in [-0.05, 0) is 69.3 Å². The lowest BCUT2D eigenvalue weighted by Crippen LogP contribution is -2.50. The Balaban J connectivity index is 1.96. The molecule has 0 spiro atoms. The lowest BCUT2D eigenvalue weighted by atomic mass is 9.48. The van der Waals surface area contributed by atoms with Gasteiger partial charge >= 0.3 is 0 Å². The first-order valence-electron chi connectivity index (χ1n) is 7.91. The Bertz CT molecular complexity index is 460. The van der Waals surface area contributed by atoms with Crippen molar-refractivity contribution in [2.24, 2.45) is 17.3 Å². The summed E-state index contributed by atoms with van der Waals surface area (Å²) in [6.45, 7) is 15.3. The van der Waals surface area contributed by atoms with Crippen molar-refractivity contribution in [1.82, 2.24) is 0 Å². The summed E-state index contributed by atoms with van der Waals surface area (Å²) in [6.07, 6.45) is 6.04. The summed E-state index contributed by atoms with van der Waals surface area (Å²) in [5.74, 6) is 1.42. The van der Waals surface area contributed by atoms with Crippen molar-refractivity contribution < 1.29 is 5.11 Å². The van der Waals surface area contributed by atoms with Crippen molar-refractivity contribution in [2.45, 2.75) is 66.4 Å². The van der Waals surface area contributed by atoms with Crippen LogP contribution in [0.1, 0.15) is 60.3 Å². The largest absolute Gasteiger partial charge is 0.388 e. The van der Waals surface area contributed by atoms with Crippen LogP contribution in [-0.4, -0.2) is 11.2 Å². The molecule has 20 heavy (non-hydrogen) atoms. The van der Waals surface area contributed by atoms with Gasteiger partial charge in [0.25, 0.3) is 0 Å². The smallest absolute Gasteiger partial charge is 0.0790 e. The number of hydrogen-bond donors (Lipinski definition) is 1. The Hall–Kier alpha value is -0.820. The fraction of sp³-hybridized carbons (Fsp3) is 0.684. The molecule has 3 atom stereocenters. The molecule has 0 amide bonds. The predicted octanol–water partition coefficient (Wildman–Crippen LogP) is 5.03. The monoisotopic (exact) mass is 274 g/mol. The number of aliphatic hydroxyl groups excluding tert-OH is 1. The van der Waals surface area contributed by atoms with E-state index in [2.05, 4.69) is 47.3 Å². The highest BCUT2D eigenvalue weighted by molar-refractivity contribution is 5.28. The van der Waals surface area contributed by atoms with Gasteiger partial charge in [0.1, 0.15) is 0 Å². The molecule has 0 aromatic heterocycles.